The molecule has 3 aromatic rings. The van der Waals surface area contributed by atoms with Gasteiger partial charge in [0.15, 0.2) is 0 Å². The van der Waals surface area contributed by atoms with E-state index >= 15 is 0 Å². The second kappa shape index (κ2) is 5.01. The first-order valence-electron chi connectivity index (χ1n) is 6.16. The molecular weight excluding hydrogens is 234 g/mol. The van der Waals surface area contributed by atoms with E-state index in [1.807, 2.05) is 65.2 Å². The molecule has 0 bridgehead atoms. The molecule has 0 radical (unpaired) electrons. The molecule has 0 atom stereocenters. The smallest absolute Gasteiger partial charge is 0.0844 e. The first kappa shape index (κ1) is 11.6. The highest BCUT2D eigenvalue weighted by atomic mass is 16.3. The van der Waals surface area contributed by atoms with Crippen molar-refractivity contribution in [3.63, 3.8) is 0 Å². The van der Waals surface area contributed by atoms with Crippen LogP contribution in [0, 0.1) is 12.0 Å². The Morgan fingerprint density at radius 1 is 0.947 bits per heavy atom. The highest BCUT2D eigenvalue weighted by molar-refractivity contribution is 5.82. The average Bonchev–Trinajstić information content (AvgIpc) is 2.84. The van der Waals surface area contributed by atoms with E-state index in [4.69, 9.17) is 0 Å². The molecule has 19 heavy (non-hydrogen) atoms. The van der Waals surface area contributed by atoms with E-state index in [0.29, 0.717) is 0 Å². The van der Waals surface area contributed by atoms with Crippen LogP contribution in [0.4, 0.5) is 0 Å². The number of benzene rings is 2. The molecule has 0 saturated heterocycles. The third-order valence-corrected chi connectivity index (χ3v) is 3.03. The second-order valence-corrected chi connectivity index (χ2v) is 4.29. The molecule has 1 N–H and O–H groups in total. The van der Waals surface area contributed by atoms with Gasteiger partial charge in [0.2, 0.25) is 0 Å². The summed E-state index contributed by atoms with van der Waals surface area (Å²) in [5, 5.41) is 10.5. The highest BCUT2D eigenvalue weighted by Crippen LogP contribution is 2.18. The Balaban J connectivity index is 2.12. The molecule has 1 aromatic heterocycles. The lowest BCUT2D eigenvalue weighted by Gasteiger charge is -1.99. The van der Waals surface area contributed by atoms with Gasteiger partial charge in [0.25, 0.3) is 0 Å². The van der Waals surface area contributed by atoms with Gasteiger partial charge >= 0.3 is 0 Å². The standard InChI is InChI=1S/C17H13NO/c19-13-16-12-15-8-4-5-9-17(15)18(16)11-10-14-6-2-1-3-7-14/h1-9,12,19H,13H2. The van der Waals surface area contributed by atoms with E-state index in [9.17, 15) is 5.11 Å². The fraction of sp³-hybridized carbons (Fsp3) is 0.0588. The summed E-state index contributed by atoms with van der Waals surface area (Å²) >= 11 is 0. The molecule has 92 valence electrons. The molecule has 3 rings (SSSR count). The summed E-state index contributed by atoms with van der Waals surface area (Å²) in [6, 6.07) is 22.9. The molecule has 0 fully saturated rings. The lowest BCUT2D eigenvalue weighted by Crippen LogP contribution is -1.95. The molecule has 2 aromatic carbocycles. The molecule has 2 heteroatoms. The molecule has 0 aliphatic heterocycles. The van der Waals surface area contributed by atoms with Crippen molar-refractivity contribution in [1.82, 2.24) is 4.57 Å². The molecule has 0 amide bonds. The maximum Gasteiger partial charge on any atom is 0.0844 e. The minimum atomic E-state index is -0.0157. The van der Waals surface area contributed by atoms with Gasteiger partial charge in [-0.25, -0.2) is 0 Å². The normalized spacial score (nSPS) is 10.2. The third-order valence-electron chi connectivity index (χ3n) is 3.03. The summed E-state index contributed by atoms with van der Waals surface area (Å²) in [6.45, 7) is -0.0157. The Kier molecular flexibility index (Phi) is 3.06. The Morgan fingerprint density at radius 3 is 2.47 bits per heavy atom. The quantitative estimate of drug-likeness (QED) is 0.657. The fourth-order valence-corrected chi connectivity index (χ4v) is 2.10. The van der Waals surface area contributed by atoms with Crippen molar-refractivity contribution in [3.8, 4) is 12.0 Å². The van der Waals surface area contributed by atoms with Crippen LogP contribution in [0.3, 0.4) is 0 Å². The zero-order valence-electron chi connectivity index (χ0n) is 10.4. The zero-order valence-corrected chi connectivity index (χ0v) is 10.4. The predicted molar refractivity (Wildman–Crippen MR) is 76.6 cm³/mol. The average molecular weight is 247 g/mol. The largest absolute Gasteiger partial charge is 0.390 e. The van der Waals surface area contributed by atoms with Gasteiger partial charge in [-0.2, -0.15) is 0 Å². The maximum absolute atomic E-state index is 9.43. The van der Waals surface area contributed by atoms with Crippen molar-refractivity contribution in [2.75, 3.05) is 0 Å². The summed E-state index contributed by atoms with van der Waals surface area (Å²) < 4.78 is 1.85. The van der Waals surface area contributed by atoms with Crippen molar-refractivity contribution in [2.45, 2.75) is 6.61 Å². The Bertz CT molecular complexity index is 760. The van der Waals surface area contributed by atoms with E-state index in [-0.39, 0.29) is 6.61 Å². The molecule has 2 nitrogen and oxygen atoms in total. The maximum atomic E-state index is 9.43. The van der Waals surface area contributed by atoms with Gasteiger partial charge in [0.05, 0.1) is 17.8 Å². The van der Waals surface area contributed by atoms with Gasteiger partial charge < -0.3 is 5.11 Å². The van der Waals surface area contributed by atoms with Gasteiger partial charge in [0.1, 0.15) is 0 Å². The molecule has 0 aliphatic rings. The molecule has 0 unspecified atom stereocenters. The van der Waals surface area contributed by atoms with Gasteiger partial charge in [0, 0.05) is 17.0 Å². The van der Waals surface area contributed by atoms with Crippen LogP contribution in [0.15, 0.2) is 60.7 Å². The lowest BCUT2D eigenvalue weighted by atomic mass is 10.2. The van der Waals surface area contributed by atoms with Crippen LogP contribution in [-0.4, -0.2) is 9.67 Å². The number of nitrogens with zero attached hydrogens (tertiary/aromatic N) is 1. The summed E-state index contributed by atoms with van der Waals surface area (Å²) in [6.07, 6.45) is 0. The van der Waals surface area contributed by atoms with Crippen LogP contribution in [-0.2, 0) is 6.61 Å². The van der Waals surface area contributed by atoms with Crippen molar-refractivity contribution in [2.24, 2.45) is 0 Å². The van der Waals surface area contributed by atoms with E-state index in [0.717, 1.165) is 22.2 Å². The third kappa shape index (κ3) is 2.24. The topological polar surface area (TPSA) is 25.2 Å². The summed E-state index contributed by atoms with van der Waals surface area (Å²) in [5.74, 6) is 3.12. The van der Waals surface area contributed by atoms with E-state index in [1.54, 1.807) is 0 Å². The van der Waals surface area contributed by atoms with Gasteiger partial charge in [-0.15, -0.1) is 0 Å². The van der Waals surface area contributed by atoms with Crippen LogP contribution in [0.5, 0.6) is 0 Å². The van der Waals surface area contributed by atoms with Crippen LogP contribution < -0.4 is 0 Å². The van der Waals surface area contributed by atoms with E-state index < -0.39 is 0 Å². The molecule has 0 spiro atoms. The van der Waals surface area contributed by atoms with Crippen molar-refractivity contribution < 1.29 is 5.11 Å². The summed E-state index contributed by atoms with van der Waals surface area (Å²) in [5.41, 5.74) is 2.80. The minimum absolute atomic E-state index is 0.0157. The highest BCUT2D eigenvalue weighted by Gasteiger charge is 2.05. The number of fused-ring (bicyclic) bond motifs is 1. The summed E-state index contributed by atoms with van der Waals surface area (Å²) in [4.78, 5) is 0. The van der Waals surface area contributed by atoms with Crippen LogP contribution in [0.2, 0.25) is 0 Å². The number of hydrogen-bond acceptors (Lipinski definition) is 1. The molecular formula is C17H13NO. The number of aliphatic hydroxyl groups excluding tert-OH is 1. The molecule has 0 aliphatic carbocycles. The van der Waals surface area contributed by atoms with Crippen LogP contribution in [0.25, 0.3) is 10.9 Å². The minimum Gasteiger partial charge on any atom is -0.390 e. The first-order valence-corrected chi connectivity index (χ1v) is 6.16. The molecule has 0 saturated carbocycles. The second-order valence-electron chi connectivity index (χ2n) is 4.29. The van der Waals surface area contributed by atoms with E-state index in [2.05, 4.69) is 12.0 Å². The summed E-state index contributed by atoms with van der Waals surface area (Å²) in [7, 11) is 0. The van der Waals surface area contributed by atoms with E-state index in [1.165, 1.54) is 0 Å². The van der Waals surface area contributed by atoms with Crippen molar-refractivity contribution in [1.29, 1.82) is 0 Å². The van der Waals surface area contributed by atoms with Gasteiger partial charge in [-0.1, -0.05) is 36.4 Å². The Hall–Kier alpha value is -2.50. The van der Waals surface area contributed by atoms with Crippen molar-refractivity contribution in [3.05, 3.63) is 71.9 Å². The monoisotopic (exact) mass is 247 g/mol. The Morgan fingerprint density at radius 2 is 1.68 bits per heavy atom. The SMILES string of the molecule is OCc1cc2ccccc2n1C#Cc1ccccc1. The number of aromatic nitrogens is 1. The number of aliphatic hydroxyl groups is 1. The van der Waals surface area contributed by atoms with Crippen molar-refractivity contribution >= 4 is 10.9 Å². The van der Waals surface area contributed by atoms with Crippen LogP contribution in [0.1, 0.15) is 11.3 Å². The number of hydrogen-bond donors (Lipinski definition) is 1. The predicted octanol–water partition coefficient (Wildman–Crippen LogP) is 2.99. The number of para-hydroxylation sites is 1. The Labute approximate surface area is 111 Å². The zero-order chi connectivity index (χ0) is 13.1. The first-order chi connectivity index (χ1) is 9.38. The lowest BCUT2D eigenvalue weighted by molar-refractivity contribution is 0.275. The number of rotatable bonds is 1. The van der Waals surface area contributed by atoms with Crippen LogP contribution >= 0.6 is 0 Å². The van der Waals surface area contributed by atoms with Gasteiger partial charge in [-0.3, -0.25) is 4.57 Å². The fourth-order valence-electron chi connectivity index (χ4n) is 2.10. The van der Waals surface area contributed by atoms with Gasteiger partial charge in [-0.05, 0) is 30.2 Å². The molecule has 1 heterocycles.